The number of hydrogen-bond acceptors (Lipinski definition) is 4. The van der Waals surface area contributed by atoms with Gasteiger partial charge in [0.25, 0.3) is 0 Å². The molecule has 0 heterocycles. The summed E-state index contributed by atoms with van der Waals surface area (Å²) in [6.07, 6.45) is 6.16. The molecule has 2 saturated carbocycles. The van der Waals surface area contributed by atoms with Gasteiger partial charge < -0.3 is 20.9 Å². The summed E-state index contributed by atoms with van der Waals surface area (Å²) in [7, 11) is 0. The van der Waals surface area contributed by atoms with Gasteiger partial charge in [-0.15, -0.1) is 0 Å². The Labute approximate surface area is 137 Å². The van der Waals surface area contributed by atoms with Gasteiger partial charge in [-0.2, -0.15) is 0 Å². The maximum absolute atomic E-state index is 12.2. The van der Waals surface area contributed by atoms with Crippen molar-refractivity contribution in [3.05, 3.63) is 24.3 Å². The third-order valence-corrected chi connectivity index (χ3v) is 4.98. The normalized spacial score (nSPS) is 30.9. The lowest BCUT2D eigenvalue weighted by molar-refractivity contribution is -0.120. The summed E-state index contributed by atoms with van der Waals surface area (Å²) in [4.78, 5) is 12.2. The van der Waals surface area contributed by atoms with Crippen molar-refractivity contribution < 1.29 is 14.6 Å². The molecule has 4 atom stereocenters. The SMILES string of the molecule is NC1CCCC1C(=O)Nc1ccc(OC2CCCCC2O)cc1. The van der Waals surface area contributed by atoms with Gasteiger partial charge in [-0.3, -0.25) is 4.79 Å². The third-order valence-electron chi connectivity index (χ3n) is 4.98. The molecule has 1 aromatic carbocycles. The minimum Gasteiger partial charge on any atom is -0.488 e. The van der Waals surface area contributed by atoms with Crippen LogP contribution in [0.25, 0.3) is 0 Å². The van der Waals surface area contributed by atoms with E-state index in [1.54, 1.807) is 0 Å². The van der Waals surface area contributed by atoms with E-state index >= 15 is 0 Å². The first kappa shape index (κ1) is 16.3. The molecule has 126 valence electrons. The van der Waals surface area contributed by atoms with Crippen LogP contribution in [-0.4, -0.2) is 29.3 Å². The predicted octanol–water partition coefficient (Wildman–Crippen LogP) is 2.43. The quantitative estimate of drug-likeness (QED) is 0.796. The zero-order valence-electron chi connectivity index (χ0n) is 13.4. The van der Waals surface area contributed by atoms with Gasteiger partial charge in [0.1, 0.15) is 11.9 Å². The molecule has 1 amide bonds. The second-order valence-corrected chi connectivity index (χ2v) is 6.72. The van der Waals surface area contributed by atoms with Crippen LogP contribution in [0.4, 0.5) is 5.69 Å². The monoisotopic (exact) mass is 318 g/mol. The zero-order chi connectivity index (χ0) is 16.2. The number of hydrogen-bond donors (Lipinski definition) is 3. The molecule has 1 aromatic rings. The Bertz CT molecular complexity index is 532. The number of amides is 1. The summed E-state index contributed by atoms with van der Waals surface area (Å²) in [6, 6.07) is 7.33. The minimum absolute atomic E-state index is 0.00590. The summed E-state index contributed by atoms with van der Waals surface area (Å²) >= 11 is 0. The highest BCUT2D eigenvalue weighted by Crippen LogP contribution is 2.27. The van der Waals surface area contributed by atoms with Gasteiger partial charge in [-0.25, -0.2) is 0 Å². The molecular formula is C18H26N2O3. The molecule has 0 radical (unpaired) electrons. The van der Waals surface area contributed by atoms with Gasteiger partial charge in [-0.05, 0) is 56.4 Å². The highest BCUT2D eigenvalue weighted by molar-refractivity contribution is 5.93. The summed E-state index contributed by atoms with van der Waals surface area (Å²) in [5.41, 5.74) is 6.73. The van der Waals surface area contributed by atoms with E-state index in [-0.39, 0.29) is 30.1 Å². The first-order valence-corrected chi connectivity index (χ1v) is 8.65. The number of aliphatic hydroxyl groups excluding tert-OH is 1. The van der Waals surface area contributed by atoms with E-state index in [1.165, 1.54) is 0 Å². The number of ether oxygens (including phenoxy) is 1. The molecule has 0 bridgehead atoms. The third kappa shape index (κ3) is 4.03. The van der Waals surface area contributed by atoms with Gasteiger partial charge in [0.05, 0.1) is 12.0 Å². The molecular weight excluding hydrogens is 292 g/mol. The smallest absolute Gasteiger partial charge is 0.229 e. The Morgan fingerprint density at radius 2 is 1.83 bits per heavy atom. The van der Waals surface area contributed by atoms with Gasteiger partial charge in [0, 0.05) is 11.7 Å². The van der Waals surface area contributed by atoms with Gasteiger partial charge in [-0.1, -0.05) is 12.8 Å². The Hall–Kier alpha value is -1.59. The molecule has 3 rings (SSSR count). The topological polar surface area (TPSA) is 84.6 Å². The molecule has 2 fully saturated rings. The van der Waals surface area contributed by atoms with Crippen molar-refractivity contribution in [2.45, 2.75) is 63.2 Å². The van der Waals surface area contributed by atoms with Gasteiger partial charge in [0.2, 0.25) is 5.91 Å². The second kappa shape index (κ2) is 7.32. The van der Waals surface area contributed by atoms with E-state index in [4.69, 9.17) is 10.5 Å². The van der Waals surface area contributed by atoms with Crippen molar-refractivity contribution in [3.63, 3.8) is 0 Å². The van der Waals surface area contributed by atoms with E-state index in [0.29, 0.717) is 0 Å². The Kier molecular flexibility index (Phi) is 5.18. The fourth-order valence-corrected chi connectivity index (χ4v) is 3.56. The van der Waals surface area contributed by atoms with Crippen LogP contribution < -0.4 is 15.8 Å². The lowest BCUT2D eigenvalue weighted by atomic mass is 9.95. The molecule has 4 unspecified atom stereocenters. The van der Waals surface area contributed by atoms with E-state index in [2.05, 4.69) is 5.32 Å². The summed E-state index contributed by atoms with van der Waals surface area (Å²) in [6.45, 7) is 0. The van der Waals surface area contributed by atoms with Crippen LogP contribution in [0, 0.1) is 5.92 Å². The number of anilines is 1. The molecule has 5 nitrogen and oxygen atoms in total. The molecule has 2 aliphatic rings. The van der Waals surface area contributed by atoms with E-state index in [9.17, 15) is 9.90 Å². The van der Waals surface area contributed by atoms with Crippen LogP contribution in [0.3, 0.4) is 0 Å². The van der Waals surface area contributed by atoms with Gasteiger partial charge in [0.15, 0.2) is 0 Å². The Balaban J connectivity index is 1.55. The van der Waals surface area contributed by atoms with Crippen LogP contribution in [0.1, 0.15) is 44.9 Å². The van der Waals surface area contributed by atoms with E-state index < -0.39 is 0 Å². The van der Waals surface area contributed by atoms with Crippen molar-refractivity contribution in [1.29, 1.82) is 0 Å². The number of aliphatic hydroxyl groups is 1. The average Bonchev–Trinajstić information content (AvgIpc) is 2.98. The fraction of sp³-hybridized carbons (Fsp3) is 0.611. The van der Waals surface area contributed by atoms with E-state index in [1.807, 2.05) is 24.3 Å². The van der Waals surface area contributed by atoms with Crippen LogP contribution in [0.2, 0.25) is 0 Å². The first-order valence-electron chi connectivity index (χ1n) is 8.65. The number of rotatable bonds is 4. The van der Waals surface area contributed by atoms with Crippen molar-refractivity contribution in [2.24, 2.45) is 11.7 Å². The lowest BCUT2D eigenvalue weighted by Gasteiger charge is -2.28. The standard InChI is InChI=1S/C18H26N2O3/c19-15-5-3-4-14(15)18(22)20-12-8-10-13(11-9-12)23-17-7-2-1-6-16(17)21/h8-11,14-17,21H,1-7,19H2,(H,20,22). The van der Waals surface area contributed by atoms with E-state index in [0.717, 1.165) is 56.4 Å². The number of benzene rings is 1. The first-order chi connectivity index (χ1) is 11.1. The zero-order valence-corrected chi connectivity index (χ0v) is 13.4. The lowest BCUT2D eigenvalue weighted by Crippen LogP contribution is -2.34. The molecule has 0 saturated heterocycles. The maximum atomic E-state index is 12.2. The van der Waals surface area contributed by atoms with Crippen molar-refractivity contribution in [1.82, 2.24) is 0 Å². The molecule has 0 spiro atoms. The summed E-state index contributed by atoms with van der Waals surface area (Å²) < 4.78 is 5.86. The van der Waals surface area contributed by atoms with Crippen molar-refractivity contribution in [3.8, 4) is 5.75 Å². The molecule has 4 N–H and O–H groups in total. The predicted molar refractivity (Wildman–Crippen MR) is 89.3 cm³/mol. The van der Waals surface area contributed by atoms with Gasteiger partial charge >= 0.3 is 0 Å². The Morgan fingerprint density at radius 1 is 1.09 bits per heavy atom. The molecule has 0 aromatic heterocycles. The van der Waals surface area contributed by atoms with Crippen LogP contribution in [-0.2, 0) is 4.79 Å². The molecule has 5 heteroatoms. The highest BCUT2D eigenvalue weighted by Gasteiger charge is 2.30. The molecule has 0 aliphatic heterocycles. The van der Waals surface area contributed by atoms with Crippen molar-refractivity contribution in [2.75, 3.05) is 5.32 Å². The summed E-state index contributed by atoms with van der Waals surface area (Å²) in [5, 5.41) is 12.9. The number of carbonyl (C=O) groups excluding carboxylic acids is 1. The fourth-order valence-electron chi connectivity index (χ4n) is 3.56. The largest absolute Gasteiger partial charge is 0.488 e. The number of nitrogens with two attached hydrogens (primary N) is 1. The molecule has 2 aliphatic carbocycles. The van der Waals surface area contributed by atoms with Crippen LogP contribution in [0.5, 0.6) is 5.75 Å². The number of nitrogens with one attached hydrogen (secondary N) is 1. The number of carbonyl (C=O) groups is 1. The summed E-state index contributed by atoms with van der Waals surface area (Å²) in [5.74, 6) is 0.654. The van der Waals surface area contributed by atoms with Crippen LogP contribution >= 0.6 is 0 Å². The Morgan fingerprint density at radius 3 is 2.48 bits per heavy atom. The van der Waals surface area contributed by atoms with Crippen molar-refractivity contribution >= 4 is 11.6 Å². The maximum Gasteiger partial charge on any atom is 0.229 e. The minimum atomic E-state index is -0.382. The van der Waals surface area contributed by atoms with Crippen LogP contribution in [0.15, 0.2) is 24.3 Å². The second-order valence-electron chi connectivity index (χ2n) is 6.72. The average molecular weight is 318 g/mol. The highest BCUT2D eigenvalue weighted by atomic mass is 16.5. The molecule has 23 heavy (non-hydrogen) atoms.